The van der Waals surface area contributed by atoms with Crippen molar-refractivity contribution >= 4 is 5.71 Å². The lowest BCUT2D eigenvalue weighted by molar-refractivity contribution is -0.0409. The number of aliphatic imine (C=N–C) groups is 1. The molecule has 0 aromatic heterocycles. The van der Waals surface area contributed by atoms with Crippen LogP contribution in [0.1, 0.15) is 74.1 Å². The van der Waals surface area contributed by atoms with Crippen molar-refractivity contribution in [2.24, 2.45) is 4.99 Å². The maximum atomic E-state index is 4.65. The van der Waals surface area contributed by atoms with E-state index >= 15 is 0 Å². The third-order valence-electron chi connectivity index (χ3n) is 5.16. The Bertz CT molecular complexity index is 398. The maximum absolute atomic E-state index is 4.65. The van der Waals surface area contributed by atoms with Gasteiger partial charge in [0.05, 0.1) is 0 Å². The topological polar surface area (TPSA) is 18.8 Å². The molecular weight excluding hydrogens is 270 g/mol. The fourth-order valence-corrected chi connectivity index (χ4v) is 3.71. The highest BCUT2D eigenvalue weighted by Crippen LogP contribution is 2.39. The van der Waals surface area contributed by atoms with Crippen molar-refractivity contribution in [2.75, 3.05) is 13.6 Å². The smallest absolute Gasteiger partial charge is 0.121 e. The molecule has 1 aliphatic rings. The normalized spacial score (nSPS) is 21.5. The fraction of sp³-hybridized carbons (Fsp3) is 0.842. The number of likely N-dealkylation sites (tertiary alicyclic amines) is 1. The Balaban J connectivity index is 3.03. The van der Waals surface area contributed by atoms with Crippen molar-refractivity contribution in [1.29, 1.82) is 0 Å². The highest BCUT2D eigenvalue weighted by atomic mass is 15.3. The molecule has 1 fully saturated rings. The molecule has 1 saturated heterocycles. The van der Waals surface area contributed by atoms with Crippen LogP contribution in [0.5, 0.6) is 0 Å². The van der Waals surface area contributed by atoms with Gasteiger partial charge in [-0.2, -0.15) is 0 Å². The molecule has 3 nitrogen and oxygen atoms in total. The first kappa shape index (κ1) is 19.2. The van der Waals surface area contributed by atoms with Gasteiger partial charge in [-0.3, -0.25) is 4.90 Å². The van der Waals surface area contributed by atoms with Crippen LogP contribution in [-0.2, 0) is 0 Å². The van der Waals surface area contributed by atoms with Gasteiger partial charge in [0, 0.05) is 29.4 Å². The summed E-state index contributed by atoms with van der Waals surface area (Å²) in [7, 11) is 2.26. The zero-order chi connectivity index (χ0) is 17.1. The predicted octanol–water partition coefficient (Wildman–Crippen LogP) is 4.69. The number of unbranched alkanes of at least 4 members (excludes halogenated alkanes) is 1. The Hall–Kier alpha value is -0.830. The van der Waals surface area contributed by atoms with Crippen LogP contribution in [-0.4, -0.2) is 46.2 Å². The molecule has 0 bridgehead atoms. The van der Waals surface area contributed by atoms with Crippen LogP contribution < -0.4 is 0 Å². The van der Waals surface area contributed by atoms with Gasteiger partial charge in [-0.15, -0.1) is 0 Å². The van der Waals surface area contributed by atoms with Crippen LogP contribution in [0.25, 0.3) is 0 Å². The highest BCUT2D eigenvalue weighted by Gasteiger charge is 2.44. The summed E-state index contributed by atoms with van der Waals surface area (Å²) in [4.78, 5) is 9.65. The summed E-state index contributed by atoms with van der Waals surface area (Å²) in [5.41, 5.74) is 1.47. The molecule has 0 amide bonds. The Morgan fingerprint density at radius 3 is 2.09 bits per heavy atom. The van der Waals surface area contributed by atoms with Crippen LogP contribution >= 0.6 is 0 Å². The number of hydrogen-bond donors (Lipinski definition) is 0. The lowest BCUT2D eigenvalue weighted by Gasteiger charge is -2.56. The zero-order valence-corrected chi connectivity index (χ0v) is 16.2. The number of piperidine rings is 1. The van der Waals surface area contributed by atoms with Crippen LogP contribution in [0.4, 0.5) is 0 Å². The number of nitrogens with zero attached hydrogens (tertiary/aromatic N) is 3. The third kappa shape index (κ3) is 4.58. The van der Waals surface area contributed by atoms with Crippen molar-refractivity contribution in [2.45, 2.75) is 91.3 Å². The monoisotopic (exact) mass is 307 g/mol. The highest BCUT2D eigenvalue weighted by molar-refractivity contribution is 5.80. The van der Waals surface area contributed by atoms with Crippen molar-refractivity contribution in [3.05, 3.63) is 12.4 Å². The standard InChI is InChI=1S/C19H37N3/c1-10-11-12-22(16(4)20-15(2)3)17-13-18(5,6)21(9)19(7,8)14-17/h17H,4,10-14H2,1-3,5-9H3. The summed E-state index contributed by atoms with van der Waals surface area (Å²) in [5, 5.41) is 0. The Labute approximate surface area is 138 Å². The molecule has 0 N–H and O–H groups in total. The Kier molecular flexibility index (Phi) is 6.26. The predicted molar refractivity (Wildman–Crippen MR) is 98.5 cm³/mol. The summed E-state index contributed by atoms with van der Waals surface area (Å²) >= 11 is 0. The summed E-state index contributed by atoms with van der Waals surface area (Å²) in [6.07, 6.45) is 4.73. The Morgan fingerprint density at radius 1 is 1.18 bits per heavy atom. The van der Waals surface area contributed by atoms with E-state index in [1.54, 1.807) is 0 Å². The van der Waals surface area contributed by atoms with Crippen molar-refractivity contribution < 1.29 is 0 Å². The van der Waals surface area contributed by atoms with Crippen molar-refractivity contribution in [1.82, 2.24) is 9.80 Å². The van der Waals surface area contributed by atoms with E-state index in [4.69, 9.17) is 0 Å². The molecule has 22 heavy (non-hydrogen) atoms. The minimum absolute atomic E-state index is 0.197. The van der Waals surface area contributed by atoms with Gasteiger partial charge in [0.15, 0.2) is 0 Å². The van der Waals surface area contributed by atoms with E-state index < -0.39 is 0 Å². The van der Waals surface area contributed by atoms with Crippen molar-refractivity contribution in [3.63, 3.8) is 0 Å². The second-order valence-electron chi connectivity index (χ2n) is 8.27. The van der Waals surface area contributed by atoms with E-state index in [1.807, 2.05) is 13.8 Å². The number of hydrogen-bond acceptors (Lipinski definition) is 3. The minimum atomic E-state index is 0.197. The lowest BCUT2D eigenvalue weighted by Crippen LogP contribution is -2.62. The van der Waals surface area contributed by atoms with E-state index in [0.717, 1.165) is 30.9 Å². The first-order chi connectivity index (χ1) is 10.0. The quantitative estimate of drug-likeness (QED) is 0.663. The van der Waals surface area contributed by atoms with Crippen LogP contribution in [0.15, 0.2) is 17.4 Å². The van der Waals surface area contributed by atoms with E-state index in [-0.39, 0.29) is 11.1 Å². The molecule has 1 rings (SSSR count). The van der Waals surface area contributed by atoms with E-state index in [0.29, 0.717) is 6.04 Å². The SMILES string of the molecule is C=C(N=C(C)C)N(CCCC)C1CC(C)(C)N(C)C(C)(C)C1. The van der Waals surface area contributed by atoms with E-state index in [2.05, 4.69) is 63.0 Å². The van der Waals surface area contributed by atoms with Gasteiger partial charge in [0.1, 0.15) is 5.82 Å². The van der Waals surface area contributed by atoms with Gasteiger partial charge < -0.3 is 4.90 Å². The van der Waals surface area contributed by atoms with Crippen LogP contribution in [0.3, 0.4) is 0 Å². The van der Waals surface area contributed by atoms with E-state index in [9.17, 15) is 0 Å². The summed E-state index contributed by atoms with van der Waals surface area (Å²) in [6.45, 7) is 21.1. The van der Waals surface area contributed by atoms with Crippen molar-refractivity contribution in [3.8, 4) is 0 Å². The van der Waals surface area contributed by atoms with Gasteiger partial charge in [-0.05, 0) is 67.9 Å². The molecule has 3 heteroatoms. The fourth-order valence-electron chi connectivity index (χ4n) is 3.71. The lowest BCUT2D eigenvalue weighted by atomic mass is 9.77. The average Bonchev–Trinajstić information content (AvgIpc) is 2.34. The molecule has 1 heterocycles. The van der Waals surface area contributed by atoms with Gasteiger partial charge in [-0.25, -0.2) is 4.99 Å². The molecule has 0 aromatic carbocycles. The van der Waals surface area contributed by atoms with Gasteiger partial charge >= 0.3 is 0 Å². The first-order valence-corrected chi connectivity index (χ1v) is 8.72. The summed E-state index contributed by atoms with van der Waals surface area (Å²) in [6, 6.07) is 0.517. The molecule has 0 radical (unpaired) electrons. The van der Waals surface area contributed by atoms with Crippen LogP contribution in [0, 0.1) is 0 Å². The zero-order valence-electron chi connectivity index (χ0n) is 16.2. The molecule has 1 aliphatic heterocycles. The number of rotatable bonds is 6. The molecule has 0 aromatic rings. The summed E-state index contributed by atoms with van der Waals surface area (Å²) in [5.74, 6) is 0.939. The van der Waals surface area contributed by atoms with Gasteiger partial charge in [-0.1, -0.05) is 19.9 Å². The second-order valence-corrected chi connectivity index (χ2v) is 8.27. The molecule has 0 spiro atoms. The molecule has 0 aliphatic carbocycles. The average molecular weight is 308 g/mol. The molecule has 0 saturated carbocycles. The van der Waals surface area contributed by atoms with Crippen LogP contribution in [0.2, 0.25) is 0 Å². The second kappa shape index (κ2) is 7.16. The Morgan fingerprint density at radius 2 is 1.68 bits per heavy atom. The van der Waals surface area contributed by atoms with E-state index in [1.165, 1.54) is 12.8 Å². The molecule has 128 valence electrons. The third-order valence-corrected chi connectivity index (χ3v) is 5.16. The molecule has 0 unspecified atom stereocenters. The molecule has 0 atom stereocenters. The molecular formula is C19H37N3. The minimum Gasteiger partial charge on any atom is -0.354 e. The maximum Gasteiger partial charge on any atom is 0.121 e. The van der Waals surface area contributed by atoms with Gasteiger partial charge in [0.25, 0.3) is 0 Å². The van der Waals surface area contributed by atoms with Gasteiger partial charge in [0.2, 0.25) is 0 Å². The first-order valence-electron chi connectivity index (χ1n) is 8.72. The largest absolute Gasteiger partial charge is 0.354 e. The summed E-state index contributed by atoms with van der Waals surface area (Å²) < 4.78 is 0.